The summed E-state index contributed by atoms with van der Waals surface area (Å²) in [6, 6.07) is 3.36. The van der Waals surface area contributed by atoms with Crippen molar-refractivity contribution >= 4 is 49.8 Å². The highest BCUT2D eigenvalue weighted by molar-refractivity contribution is 7.17. The van der Waals surface area contributed by atoms with E-state index in [2.05, 4.69) is 10.3 Å². The molecule has 0 aromatic carbocycles. The summed E-state index contributed by atoms with van der Waals surface area (Å²) in [7, 11) is 0. The third-order valence-corrected chi connectivity index (χ3v) is 5.15. The van der Waals surface area contributed by atoms with Gasteiger partial charge in [-0.3, -0.25) is 14.2 Å². The third-order valence-electron chi connectivity index (χ3n) is 3.37. The summed E-state index contributed by atoms with van der Waals surface area (Å²) < 4.78 is 6.24. The highest BCUT2D eigenvalue weighted by atomic mass is 32.1. The van der Waals surface area contributed by atoms with Crippen LogP contribution in [0.15, 0.2) is 28.6 Å². The fourth-order valence-electron chi connectivity index (χ4n) is 2.29. The van der Waals surface area contributed by atoms with Crippen molar-refractivity contribution in [3.05, 3.63) is 44.6 Å². The van der Waals surface area contributed by atoms with Gasteiger partial charge >= 0.3 is 5.97 Å². The van der Waals surface area contributed by atoms with Gasteiger partial charge in [0.1, 0.15) is 16.4 Å². The first-order valence-electron chi connectivity index (χ1n) is 7.49. The van der Waals surface area contributed by atoms with Gasteiger partial charge in [-0.15, -0.1) is 22.7 Å². The minimum absolute atomic E-state index is 0.184. The minimum Gasteiger partial charge on any atom is -0.462 e. The lowest BCUT2D eigenvalue weighted by atomic mass is 10.3. The molecule has 3 aromatic heterocycles. The molecule has 0 spiro atoms. The summed E-state index contributed by atoms with van der Waals surface area (Å²) in [6.07, 6.45) is 1.35. The van der Waals surface area contributed by atoms with Crippen LogP contribution in [-0.2, 0) is 16.1 Å². The molecule has 9 heteroatoms. The first kappa shape index (κ1) is 17.3. The van der Waals surface area contributed by atoms with Gasteiger partial charge in [-0.2, -0.15) is 0 Å². The van der Waals surface area contributed by atoms with Crippen molar-refractivity contribution in [1.82, 2.24) is 9.55 Å². The molecule has 0 unspecified atom stereocenters. The molecule has 0 atom stereocenters. The highest BCUT2D eigenvalue weighted by Gasteiger charge is 2.18. The Kier molecular flexibility index (Phi) is 4.95. The molecule has 25 heavy (non-hydrogen) atoms. The van der Waals surface area contributed by atoms with Gasteiger partial charge in [-0.1, -0.05) is 0 Å². The maximum Gasteiger partial charge on any atom is 0.341 e. The molecule has 0 saturated heterocycles. The van der Waals surface area contributed by atoms with E-state index in [1.54, 1.807) is 24.4 Å². The normalized spacial score (nSPS) is 10.8. The molecule has 0 aliphatic carbocycles. The number of hydrogen-bond acceptors (Lipinski definition) is 7. The fourth-order valence-corrected chi connectivity index (χ4v) is 3.93. The number of ether oxygens (including phenoxy) is 1. The topological polar surface area (TPSA) is 90.3 Å². The van der Waals surface area contributed by atoms with E-state index in [1.165, 1.54) is 33.6 Å². The number of esters is 1. The Morgan fingerprint density at radius 2 is 2.20 bits per heavy atom. The zero-order chi connectivity index (χ0) is 18.0. The molecule has 130 valence electrons. The van der Waals surface area contributed by atoms with E-state index < -0.39 is 11.9 Å². The smallest absolute Gasteiger partial charge is 0.341 e. The average molecular weight is 377 g/mol. The SMILES string of the molecule is CCOC(=O)c1cc(C)sc1NC(=O)Cn1cnc2sccc2c1=O. The number of aromatic nitrogens is 2. The first-order chi connectivity index (χ1) is 12.0. The largest absolute Gasteiger partial charge is 0.462 e. The molecular weight excluding hydrogens is 362 g/mol. The summed E-state index contributed by atoms with van der Waals surface area (Å²) in [5.74, 6) is -0.897. The molecular formula is C16H15N3O4S2. The predicted molar refractivity (Wildman–Crippen MR) is 97.5 cm³/mol. The number of hydrogen-bond donors (Lipinski definition) is 1. The van der Waals surface area contributed by atoms with E-state index in [0.717, 1.165) is 4.88 Å². The molecule has 0 fully saturated rings. The van der Waals surface area contributed by atoms with Crippen molar-refractivity contribution in [2.24, 2.45) is 0 Å². The second kappa shape index (κ2) is 7.16. The number of nitrogens with one attached hydrogen (secondary N) is 1. The molecule has 0 bridgehead atoms. The van der Waals surface area contributed by atoms with Gasteiger partial charge in [-0.25, -0.2) is 9.78 Å². The van der Waals surface area contributed by atoms with Crippen LogP contribution < -0.4 is 10.9 Å². The Bertz CT molecular complexity index is 1000. The monoisotopic (exact) mass is 377 g/mol. The van der Waals surface area contributed by atoms with Crippen LogP contribution in [0.5, 0.6) is 0 Å². The molecule has 3 heterocycles. The number of carbonyl (C=O) groups is 2. The number of nitrogens with zero attached hydrogens (tertiary/aromatic N) is 2. The molecule has 1 amide bonds. The first-order valence-corrected chi connectivity index (χ1v) is 9.19. The number of thiophene rings is 2. The summed E-state index contributed by atoms with van der Waals surface area (Å²) >= 11 is 2.65. The molecule has 7 nitrogen and oxygen atoms in total. The lowest BCUT2D eigenvalue weighted by Gasteiger charge is -2.07. The van der Waals surface area contributed by atoms with E-state index in [4.69, 9.17) is 4.74 Å². The van der Waals surface area contributed by atoms with Crippen LogP contribution in [0.25, 0.3) is 10.2 Å². The Morgan fingerprint density at radius 1 is 1.40 bits per heavy atom. The number of aryl methyl sites for hydroxylation is 1. The Balaban J connectivity index is 1.79. The number of amides is 1. The lowest BCUT2D eigenvalue weighted by Crippen LogP contribution is -2.27. The third kappa shape index (κ3) is 3.62. The second-order valence-electron chi connectivity index (χ2n) is 5.19. The van der Waals surface area contributed by atoms with Gasteiger partial charge in [0.15, 0.2) is 0 Å². The number of fused-ring (bicyclic) bond motifs is 1. The van der Waals surface area contributed by atoms with E-state index >= 15 is 0 Å². The number of carbonyl (C=O) groups excluding carboxylic acids is 2. The van der Waals surface area contributed by atoms with Crippen LogP contribution in [0.3, 0.4) is 0 Å². The van der Waals surface area contributed by atoms with Gasteiger partial charge in [0, 0.05) is 4.88 Å². The predicted octanol–water partition coefficient (Wildman–Crippen LogP) is 2.64. The molecule has 3 rings (SSSR count). The van der Waals surface area contributed by atoms with E-state index in [1.807, 2.05) is 6.92 Å². The summed E-state index contributed by atoms with van der Waals surface area (Å²) in [4.78, 5) is 42.3. The van der Waals surface area contributed by atoms with Crippen LogP contribution in [0.2, 0.25) is 0 Å². The van der Waals surface area contributed by atoms with Crippen molar-refractivity contribution in [2.75, 3.05) is 11.9 Å². The highest BCUT2D eigenvalue weighted by Crippen LogP contribution is 2.28. The van der Waals surface area contributed by atoms with Crippen LogP contribution in [0.1, 0.15) is 22.2 Å². The van der Waals surface area contributed by atoms with Crippen LogP contribution >= 0.6 is 22.7 Å². The zero-order valence-electron chi connectivity index (χ0n) is 13.6. The maximum absolute atomic E-state index is 12.3. The van der Waals surface area contributed by atoms with E-state index in [-0.39, 0.29) is 18.7 Å². The molecule has 3 aromatic rings. The average Bonchev–Trinajstić information content (AvgIpc) is 3.17. The zero-order valence-corrected chi connectivity index (χ0v) is 15.2. The van der Waals surface area contributed by atoms with Gasteiger partial charge in [0.05, 0.1) is 23.9 Å². The Morgan fingerprint density at radius 3 is 2.96 bits per heavy atom. The molecule has 0 saturated carbocycles. The van der Waals surface area contributed by atoms with Crippen molar-refractivity contribution < 1.29 is 14.3 Å². The maximum atomic E-state index is 12.3. The summed E-state index contributed by atoms with van der Waals surface area (Å²) in [5, 5.41) is 5.36. The van der Waals surface area contributed by atoms with Gasteiger partial charge in [0.25, 0.3) is 5.56 Å². The van der Waals surface area contributed by atoms with E-state index in [9.17, 15) is 14.4 Å². The van der Waals surface area contributed by atoms with Crippen molar-refractivity contribution in [3.8, 4) is 0 Å². The van der Waals surface area contributed by atoms with Crippen LogP contribution in [0.4, 0.5) is 5.00 Å². The van der Waals surface area contributed by atoms with Crippen molar-refractivity contribution in [2.45, 2.75) is 20.4 Å². The Hall–Kier alpha value is -2.52. The molecule has 0 aliphatic heterocycles. The quantitative estimate of drug-likeness (QED) is 0.690. The summed E-state index contributed by atoms with van der Waals surface area (Å²) in [6.45, 7) is 3.62. The van der Waals surface area contributed by atoms with Crippen molar-refractivity contribution in [3.63, 3.8) is 0 Å². The van der Waals surface area contributed by atoms with E-state index in [0.29, 0.717) is 20.8 Å². The van der Waals surface area contributed by atoms with Gasteiger partial charge in [0.2, 0.25) is 5.91 Å². The standard InChI is InChI=1S/C16H15N3O4S2/c1-3-23-16(22)11-6-9(2)25-14(11)18-12(20)7-19-8-17-13-10(15(19)21)4-5-24-13/h4-6,8H,3,7H2,1-2H3,(H,18,20). The lowest BCUT2D eigenvalue weighted by molar-refractivity contribution is -0.116. The fraction of sp³-hybridized carbons (Fsp3) is 0.250. The summed E-state index contributed by atoms with van der Waals surface area (Å²) in [5.41, 5.74) is 0.0471. The second-order valence-corrected chi connectivity index (χ2v) is 7.34. The minimum atomic E-state index is -0.485. The van der Waals surface area contributed by atoms with Crippen LogP contribution in [0, 0.1) is 6.92 Å². The molecule has 1 N–H and O–H groups in total. The van der Waals surface area contributed by atoms with Crippen molar-refractivity contribution in [1.29, 1.82) is 0 Å². The van der Waals surface area contributed by atoms with Crippen LogP contribution in [-0.4, -0.2) is 28.0 Å². The van der Waals surface area contributed by atoms with Gasteiger partial charge < -0.3 is 10.1 Å². The number of rotatable bonds is 5. The Labute approximate surface area is 150 Å². The number of anilines is 1. The van der Waals surface area contributed by atoms with Gasteiger partial charge in [-0.05, 0) is 31.4 Å². The molecule has 0 radical (unpaired) electrons. The molecule has 0 aliphatic rings.